The van der Waals surface area contributed by atoms with Crippen molar-refractivity contribution in [3.05, 3.63) is 52.7 Å². The molecule has 2 saturated heterocycles. The van der Waals surface area contributed by atoms with Crippen molar-refractivity contribution in [2.45, 2.75) is 6.92 Å². The van der Waals surface area contributed by atoms with Gasteiger partial charge in [-0.1, -0.05) is 12.1 Å². The number of anilines is 2. The summed E-state index contributed by atoms with van der Waals surface area (Å²) in [6.07, 6.45) is 1.64. The lowest BCUT2D eigenvalue weighted by Crippen LogP contribution is -2.33. The standard InChI is InChI=1S/C20H22N6O/c1-13-7-18(22-12-21-13)25-8-14-10-26(11-15(14)9-25)20-23-17-6-4-3-5-16(17)19(27)24(20)2/h3-7,12,14-15H,8-11H2,1-2H3. The number of fused-ring (bicyclic) bond motifs is 2. The zero-order valence-corrected chi connectivity index (χ0v) is 15.5. The van der Waals surface area contributed by atoms with Crippen LogP contribution in [0.5, 0.6) is 0 Å². The average molecular weight is 362 g/mol. The molecule has 0 bridgehead atoms. The van der Waals surface area contributed by atoms with Crippen molar-refractivity contribution >= 4 is 22.7 Å². The maximum Gasteiger partial charge on any atom is 0.262 e. The van der Waals surface area contributed by atoms with Gasteiger partial charge in [-0.3, -0.25) is 9.36 Å². The molecule has 3 aromatic rings. The minimum Gasteiger partial charge on any atom is -0.356 e. The summed E-state index contributed by atoms with van der Waals surface area (Å²) in [6, 6.07) is 9.62. The smallest absolute Gasteiger partial charge is 0.262 e. The third-order valence-corrected chi connectivity index (χ3v) is 5.84. The predicted molar refractivity (Wildman–Crippen MR) is 105 cm³/mol. The van der Waals surface area contributed by atoms with Gasteiger partial charge in [0.05, 0.1) is 10.9 Å². The maximum absolute atomic E-state index is 12.7. The van der Waals surface area contributed by atoms with Gasteiger partial charge in [0.2, 0.25) is 5.95 Å². The van der Waals surface area contributed by atoms with Crippen molar-refractivity contribution in [1.82, 2.24) is 19.5 Å². The Morgan fingerprint density at radius 1 is 1.00 bits per heavy atom. The van der Waals surface area contributed by atoms with Crippen LogP contribution in [0.4, 0.5) is 11.8 Å². The second-order valence-electron chi connectivity index (χ2n) is 7.64. The summed E-state index contributed by atoms with van der Waals surface area (Å²) in [5.74, 6) is 2.91. The van der Waals surface area contributed by atoms with Crippen LogP contribution >= 0.6 is 0 Å². The molecule has 2 aliphatic rings. The largest absolute Gasteiger partial charge is 0.356 e. The van der Waals surface area contributed by atoms with Crippen LogP contribution in [0, 0.1) is 18.8 Å². The molecule has 1 aromatic carbocycles. The summed E-state index contributed by atoms with van der Waals surface area (Å²) in [6.45, 7) is 5.81. The van der Waals surface area contributed by atoms with Gasteiger partial charge in [-0.15, -0.1) is 0 Å². The average Bonchev–Trinajstić information content (AvgIpc) is 3.24. The number of rotatable bonds is 2. The van der Waals surface area contributed by atoms with Crippen molar-refractivity contribution in [3.8, 4) is 0 Å². The molecule has 7 nitrogen and oxygen atoms in total. The molecule has 0 N–H and O–H groups in total. The molecule has 2 fully saturated rings. The van der Waals surface area contributed by atoms with E-state index in [0.29, 0.717) is 17.2 Å². The minimum atomic E-state index is 0.0192. The Bertz CT molecular complexity index is 1060. The van der Waals surface area contributed by atoms with Crippen LogP contribution in [0.2, 0.25) is 0 Å². The van der Waals surface area contributed by atoms with E-state index in [9.17, 15) is 4.79 Å². The Hall–Kier alpha value is -2.96. The van der Waals surface area contributed by atoms with Crippen molar-refractivity contribution in [3.63, 3.8) is 0 Å². The highest BCUT2D eigenvalue weighted by Crippen LogP contribution is 2.35. The Labute approximate surface area is 157 Å². The highest BCUT2D eigenvalue weighted by atomic mass is 16.1. The van der Waals surface area contributed by atoms with E-state index in [-0.39, 0.29) is 5.56 Å². The Morgan fingerprint density at radius 3 is 2.44 bits per heavy atom. The molecular formula is C20H22N6O. The van der Waals surface area contributed by atoms with Crippen LogP contribution in [0.3, 0.4) is 0 Å². The molecule has 0 aliphatic carbocycles. The molecule has 2 atom stereocenters. The summed E-state index contributed by atoms with van der Waals surface area (Å²) in [5.41, 5.74) is 1.78. The minimum absolute atomic E-state index is 0.0192. The van der Waals surface area contributed by atoms with Crippen LogP contribution in [0.1, 0.15) is 5.69 Å². The van der Waals surface area contributed by atoms with Crippen LogP contribution in [-0.2, 0) is 7.05 Å². The lowest BCUT2D eigenvalue weighted by atomic mass is 10.0. The lowest BCUT2D eigenvalue weighted by Gasteiger charge is -2.24. The third kappa shape index (κ3) is 2.65. The fourth-order valence-electron chi connectivity index (χ4n) is 4.45. The molecular weight excluding hydrogens is 340 g/mol. The van der Waals surface area contributed by atoms with Crippen LogP contribution < -0.4 is 15.4 Å². The van der Waals surface area contributed by atoms with Gasteiger partial charge in [-0.2, -0.15) is 0 Å². The number of benzene rings is 1. The number of hydrogen-bond acceptors (Lipinski definition) is 6. The number of aryl methyl sites for hydroxylation is 1. The molecule has 27 heavy (non-hydrogen) atoms. The van der Waals surface area contributed by atoms with E-state index in [1.54, 1.807) is 10.9 Å². The van der Waals surface area contributed by atoms with Gasteiger partial charge in [0, 0.05) is 56.8 Å². The van der Waals surface area contributed by atoms with E-state index in [0.717, 1.165) is 49.2 Å². The van der Waals surface area contributed by atoms with Gasteiger partial charge in [0.1, 0.15) is 12.1 Å². The van der Waals surface area contributed by atoms with Crippen molar-refractivity contribution in [2.24, 2.45) is 18.9 Å². The Morgan fingerprint density at radius 2 is 1.70 bits per heavy atom. The Balaban J connectivity index is 1.40. The second kappa shape index (κ2) is 6.04. The summed E-state index contributed by atoms with van der Waals surface area (Å²) in [7, 11) is 1.82. The van der Waals surface area contributed by atoms with Crippen LogP contribution in [-0.4, -0.2) is 45.7 Å². The normalized spacial score (nSPS) is 21.9. The zero-order valence-electron chi connectivity index (χ0n) is 15.5. The van der Waals surface area contributed by atoms with E-state index in [4.69, 9.17) is 4.98 Å². The zero-order chi connectivity index (χ0) is 18.5. The van der Waals surface area contributed by atoms with Gasteiger partial charge in [-0.25, -0.2) is 15.0 Å². The van der Waals surface area contributed by atoms with Crippen LogP contribution in [0.15, 0.2) is 41.5 Å². The number of nitrogens with zero attached hydrogens (tertiary/aromatic N) is 6. The molecule has 0 saturated carbocycles. The Kier molecular flexibility index (Phi) is 3.63. The van der Waals surface area contributed by atoms with Gasteiger partial charge >= 0.3 is 0 Å². The summed E-state index contributed by atoms with van der Waals surface area (Å²) >= 11 is 0. The number of hydrogen-bond donors (Lipinski definition) is 0. The fraction of sp³-hybridized carbons (Fsp3) is 0.400. The van der Waals surface area contributed by atoms with E-state index < -0.39 is 0 Å². The molecule has 138 valence electrons. The first kappa shape index (κ1) is 16.2. The molecule has 0 spiro atoms. The first-order valence-electron chi connectivity index (χ1n) is 9.34. The molecule has 4 heterocycles. The molecule has 2 aromatic heterocycles. The number of aromatic nitrogens is 4. The van der Waals surface area contributed by atoms with Crippen molar-refractivity contribution in [1.29, 1.82) is 0 Å². The fourth-order valence-corrected chi connectivity index (χ4v) is 4.45. The van der Waals surface area contributed by atoms with Gasteiger partial charge in [0.25, 0.3) is 5.56 Å². The van der Waals surface area contributed by atoms with E-state index in [1.807, 2.05) is 44.3 Å². The molecule has 2 unspecified atom stereocenters. The molecule has 5 rings (SSSR count). The molecule has 0 amide bonds. The maximum atomic E-state index is 12.7. The number of para-hydroxylation sites is 1. The molecule has 7 heteroatoms. The van der Waals surface area contributed by atoms with E-state index in [2.05, 4.69) is 19.8 Å². The quantitative estimate of drug-likeness (QED) is 0.690. The molecule has 2 aliphatic heterocycles. The van der Waals surface area contributed by atoms with Gasteiger partial charge in [0.15, 0.2) is 0 Å². The SMILES string of the molecule is Cc1cc(N2CC3CN(c4nc5ccccc5c(=O)n4C)CC3C2)ncn1. The highest BCUT2D eigenvalue weighted by molar-refractivity contribution is 5.78. The second-order valence-corrected chi connectivity index (χ2v) is 7.64. The molecule has 0 radical (unpaired) electrons. The summed E-state index contributed by atoms with van der Waals surface area (Å²) < 4.78 is 1.69. The van der Waals surface area contributed by atoms with E-state index >= 15 is 0 Å². The highest BCUT2D eigenvalue weighted by Gasteiger charge is 2.41. The van der Waals surface area contributed by atoms with Crippen molar-refractivity contribution in [2.75, 3.05) is 36.0 Å². The van der Waals surface area contributed by atoms with E-state index in [1.165, 1.54) is 0 Å². The van der Waals surface area contributed by atoms with Crippen LogP contribution in [0.25, 0.3) is 10.9 Å². The summed E-state index contributed by atoms with van der Waals surface area (Å²) in [4.78, 5) is 30.7. The van der Waals surface area contributed by atoms with Crippen molar-refractivity contribution < 1.29 is 0 Å². The topological polar surface area (TPSA) is 67.2 Å². The first-order valence-corrected chi connectivity index (χ1v) is 9.34. The predicted octanol–water partition coefficient (Wildman–Crippen LogP) is 1.60. The summed E-state index contributed by atoms with van der Waals surface area (Å²) in [5, 5.41) is 0.674. The lowest BCUT2D eigenvalue weighted by molar-refractivity contribution is 0.533. The third-order valence-electron chi connectivity index (χ3n) is 5.84. The first-order chi connectivity index (χ1) is 13.1. The monoisotopic (exact) mass is 362 g/mol. The van der Waals surface area contributed by atoms with Gasteiger partial charge in [-0.05, 0) is 19.1 Å². The van der Waals surface area contributed by atoms with Gasteiger partial charge < -0.3 is 9.80 Å².